The van der Waals surface area contributed by atoms with E-state index in [9.17, 15) is 0 Å². The molecule has 0 fully saturated rings. The molecule has 0 atom stereocenters. The first-order valence-electron chi connectivity index (χ1n) is 8.66. The van der Waals surface area contributed by atoms with Gasteiger partial charge in [0.25, 0.3) is 9.40 Å². The maximum absolute atomic E-state index is 4.81. The van der Waals surface area contributed by atoms with Crippen LogP contribution in [-0.4, -0.2) is 18.1 Å². The first-order valence-corrected chi connectivity index (χ1v) is 9.48. The molecular formula is C20H26ClN3S. The number of hydrogen-bond acceptors (Lipinski definition) is 3. The standard InChI is InChI=1S/C20H26N3S.ClH/c1-13(2)11-21-15-5-7-17-19(9-15)24-20-10-16(22-12-14(3)4)6-8-18(20)23-17;/h5-10,13-14,21-22H,11-12H2,1-4H3;1H/q+1;/p-1. The molecule has 1 aromatic heterocycles. The van der Waals surface area contributed by atoms with E-state index in [1.807, 2.05) is 0 Å². The van der Waals surface area contributed by atoms with E-state index >= 15 is 0 Å². The van der Waals surface area contributed by atoms with E-state index in [0.717, 1.165) is 24.1 Å². The summed E-state index contributed by atoms with van der Waals surface area (Å²) < 4.78 is 2.44. The highest BCUT2D eigenvalue weighted by atomic mass is 35.5. The highest BCUT2D eigenvalue weighted by Crippen LogP contribution is 2.29. The zero-order chi connectivity index (χ0) is 17.1. The summed E-state index contributed by atoms with van der Waals surface area (Å²) in [4.78, 5) is 4.81. The zero-order valence-corrected chi connectivity index (χ0v) is 16.8. The van der Waals surface area contributed by atoms with Crippen molar-refractivity contribution < 1.29 is 12.4 Å². The average Bonchev–Trinajstić information content (AvgIpc) is 2.55. The van der Waals surface area contributed by atoms with Crippen molar-refractivity contribution in [1.29, 1.82) is 0 Å². The number of nitrogens with zero attached hydrogens (tertiary/aromatic N) is 1. The minimum atomic E-state index is 0. The van der Waals surface area contributed by atoms with Gasteiger partial charge in [0.05, 0.1) is 0 Å². The average molecular weight is 376 g/mol. The van der Waals surface area contributed by atoms with Gasteiger partial charge in [-0.05, 0) is 36.1 Å². The molecule has 1 heterocycles. The van der Waals surface area contributed by atoms with Crippen LogP contribution in [0.3, 0.4) is 0 Å². The maximum Gasteiger partial charge on any atom is 0.259 e. The van der Waals surface area contributed by atoms with E-state index < -0.39 is 0 Å². The van der Waals surface area contributed by atoms with Crippen molar-refractivity contribution in [3.05, 3.63) is 36.4 Å². The van der Waals surface area contributed by atoms with Crippen molar-refractivity contribution in [2.45, 2.75) is 27.7 Å². The van der Waals surface area contributed by atoms with Gasteiger partial charge in [0.15, 0.2) is 0 Å². The molecule has 2 aromatic carbocycles. The van der Waals surface area contributed by atoms with Crippen LogP contribution in [0.1, 0.15) is 27.7 Å². The molecular weight excluding hydrogens is 350 g/mol. The van der Waals surface area contributed by atoms with Crippen LogP contribution in [0.5, 0.6) is 0 Å². The van der Waals surface area contributed by atoms with E-state index in [0.29, 0.717) is 11.8 Å². The van der Waals surface area contributed by atoms with Crippen LogP contribution in [0.4, 0.5) is 11.4 Å². The number of rotatable bonds is 6. The Labute approximate surface area is 160 Å². The van der Waals surface area contributed by atoms with E-state index in [1.54, 1.807) is 11.3 Å². The predicted octanol–water partition coefficient (Wildman–Crippen LogP) is 2.87. The Balaban J connectivity index is 0.00000225. The summed E-state index contributed by atoms with van der Waals surface area (Å²) in [6, 6.07) is 12.9. The van der Waals surface area contributed by atoms with Crippen molar-refractivity contribution in [1.82, 2.24) is 4.98 Å². The lowest BCUT2D eigenvalue weighted by molar-refractivity contribution is -0.00000511. The van der Waals surface area contributed by atoms with Crippen LogP contribution >= 0.6 is 11.3 Å². The normalized spacial score (nSPS) is 11.1. The van der Waals surface area contributed by atoms with Crippen molar-refractivity contribution in [2.24, 2.45) is 11.8 Å². The van der Waals surface area contributed by atoms with Crippen molar-refractivity contribution in [2.75, 3.05) is 23.7 Å². The number of nitrogens with one attached hydrogen (secondary N) is 2. The maximum atomic E-state index is 4.81. The molecule has 25 heavy (non-hydrogen) atoms. The van der Waals surface area contributed by atoms with Gasteiger partial charge < -0.3 is 23.0 Å². The van der Waals surface area contributed by atoms with Gasteiger partial charge in [-0.15, -0.1) is 0 Å². The first kappa shape index (κ1) is 19.7. The minimum absolute atomic E-state index is 0. The lowest BCUT2D eigenvalue weighted by Gasteiger charge is -2.08. The third kappa shape index (κ3) is 5.16. The van der Waals surface area contributed by atoms with Gasteiger partial charge in [-0.3, -0.25) is 0 Å². The summed E-state index contributed by atoms with van der Waals surface area (Å²) >= 11 is 1.81. The van der Waals surface area contributed by atoms with Crippen LogP contribution in [0.25, 0.3) is 20.4 Å². The van der Waals surface area contributed by atoms with Crippen LogP contribution in [0, 0.1) is 11.8 Å². The number of halogens is 1. The van der Waals surface area contributed by atoms with Crippen molar-refractivity contribution >= 4 is 43.1 Å². The molecule has 5 heteroatoms. The topological polar surface area (TPSA) is 37.0 Å². The Morgan fingerprint density at radius 3 is 1.64 bits per heavy atom. The van der Waals surface area contributed by atoms with E-state index in [-0.39, 0.29) is 12.4 Å². The summed E-state index contributed by atoms with van der Waals surface area (Å²) in [7, 11) is 0. The van der Waals surface area contributed by atoms with Gasteiger partial charge in [-0.1, -0.05) is 27.7 Å². The Morgan fingerprint density at radius 1 is 0.800 bits per heavy atom. The van der Waals surface area contributed by atoms with E-state index in [1.165, 1.54) is 20.8 Å². The number of hydrogen-bond donors (Lipinski definition) is 2. The molecule has 2 N–H and O–H groups in total. The van der Waals surface area contributed by atoms with Crippen LogP contribution < -0.4 is 23.0 Å². The molecule has 0 aliphatic carbocycles. The molecule has 0 bridgehead atoms. The molecule has 0 saturated carbocycles. The molecule has 3 nitrogen and oxygen atoms in total. The lowest BCUT2D eigenvalue weighted by atomic mass is 10.2. The van der Waals surface area contributed by atoms with E-state index in [4.69, 9.17) is 4.98 Å². The summed E-state index contributed by atoms with van der Waals surface area (Å²) in [6.07, 6.45) is 0. The van der Waals surface area contributed by atoms with Crippen LogP contribution in [0.15, 0.2) is 36.4 Å². The molecule has 3 rings (SSSR count). The highest BCUT2D eigenvalue weighted by Gasteiger charge is 2.14. The second kappa shape index (κ2) is 8.63. The Hall–Kier alpha value is -1.65. The highest BCUT2D eigenvalue weighted by molar-refractivity contribution is 7.24. The third-order valence-corrected chi connectivity index (χ3v) is 4.90. The van der Waals surface area contributed by atoms with Gasteiger partial charge in [-0.2, -0.15) is 0 Å². The molecule has 0 unspecified atom stereocenters. The smallest absolute Gasteiger partial charge is 0.259 e. The molecule has 0 radical (unpaired) electrons. The number of benzene rings is 2. The quantitative estimate of drug-likeness (QED) is 0.514. The summed E-state index contributed by atoms with van der Waals surface area (Å²) in [5.41, 5.74) is 4.46. The van der Waals surface area contributed by atoms with E-state index in [2.05, 4.69) is 74.7 Å². The fraction of sp³-hybridized carbons (Fsp3) is 0.400. The predicted molar refractivity (Wildman–Crippen MR) is 108 cm³/mol. The molecule has 0 spiro atoms. The van der Waals surface area contributed by atoms with Crippen LogP contribution in [0.2, 0.25) is 0 Å². The Bertz CT molecular complexity index is 782. The Morgan fingerprint density at radius 2 is 1.24 bits per heavy atom. The minimum Gasteiger partial charge on any atom is -1.00 e. The van der Waals surface area contributed by atoms with Gasteiger partial charge in [0, 0.05) is 36.6 Å². The third-order valence-electron chi connectivity index (χ3n) is 3.81. The summed E-state index contributed by atoms with van der Waals surface area (Å²) in [5, 5.41) is 6.99. The van der Waals surface area contributed by atoms with Gasteiger partial charge in [0.2, 0.25) is 11.3 Å². The van der Waals surface area contributed by atoms with Crippen molar-refractivity contribution in [3.8, 4) is 0 Å². The molecule has 134 valence electrons. The van der Waals surface area contributed by atoms with Crippen LogP contribution in [-0.2, 0) is 0 Å². The van der Waals surface area contributed by atoms with Gasteiger partial charge in [-0.25, -0.2) is 4.98 Å². The summed E-state index contributed by atoms with van der Waals surface area (Å²) in [6.45, 7) is 10.9. The second-order valence-corrected chi connectivity index (χ2v) is 8.21. The monoisotopic (exact) mass is 375 g/mol. The number of anilines is 2. The molecule has 0 saturated heterocycles. The molecule has 0 aliphatic heterocycles. The molecule has 0 aliphatic rings. The number of fused-ring (bicyclic) bond motifs is 2. The molecule has 3 aromatic rings. The molecule has 0 amide bonds. The fourth-order valence-corrected chi connectivity index (χ4v) is 3.53. The Kier molecular flexibility index (Phi) is 6.79. The SMILES string of the molecule is CC(C)CNc1ccc2nc3ccc(NCC(C)C)cc3[s+]c2c1.[Cl-]. The van der Waals surface area contributed by atoms with Gasteiger partial charge in [0.1, 0.15) is 11.0 Å². The number of aromatic nitrogens is 1. The fourth-order valence-electron chi connectivity index (χ4n) is 2.49. The zero-order valence-electron chi connectivity index (χ0n) is 15.3. The summed E-state index contributed by atoms with van der Waals surface area (Å²) in [5.74, 6) is 1.27. The van der Waals surface area contributed by atoms with Gasteiger partial charge >= 0.3 is 0 Å². The lowest BCUT2D eigenvalue weighted by Crippen LogP contribution is -3.00. The second-order valence-electron chi connectivity index (χ2n) is 7.13. The van der Waals surface area contributed by atoms with Crippen molar-refractivity contribution in [3.63, 3.8) is 0 Å². The largest absolute Gasteiger partial charge is 1.00 e. The first-order chi connectivity index (χ1) is 11.5.